The molecule has 3 aromatic rings. The van der Waals surface area contributed by atoms with Gasteiger partial charge in [-0.05, 0) is 12.1 Å². The summed E-state index contributed by atoms with van der Waals surface area (Å²) < 4.78 is 11.1. The molecule has 4 rings (SSSR count). The van der Waals surface area contributed by atoms with Gasteiger partial charge in [-0.15, -0.1) is 0 Å². The van der Waals surface area contributed by atoms with Gasteiger partial charge in [0.15, 0.2) is 11.3 Å². The molecule has 0 aliphatic carbocycles. The molecule has 3 heterocycles. The number of aromatic carboxylic acids is 1. The minimum Gasteiger partial charge on any atom is -0.476 e. The minimum atomic E-state index is -1.16. The van der Waals surface area contributed by atoms with Crippen LogP contribution >= 0.6 is 0 Å². The SMILES string of the molecule is Nc1cc2cc3nc(N4CCOCC4)oc3cc2nc1C(=O)O. The third-order valence-electron chi connectivity index (χ3n) is 3.83. The van der Waals surface area contributed by atoms with Crippen LogP contribution in [0.3, 0.4) is 0 Å². The van der Waals surface area contributed by atoms with Crippen LogP contribution in [0.25, 0.3) is 22.0 Å². The maximum absolute atomic E-state index is 11.1. The van der Waals surface area contributed by atoms with Crippen LogP contribution in [0.1, 0.15) is 10.5 Å². The van der Waals surface area contributed by atoms with Gasteiger partial charge in [-0.2, -0.15) is 4.98 Å². The Morgan fingerprint density at radius 3 is 2.70 bits per heavy atom. The van der Waals surface area contributed by atoms with Crippen LogP contribution in [0.4, 0.5) is 11.7 Å². The second-order valence-electron chi connectivity index (χ2n) is 5.34. The highest BCUT2D eigenvalue weighted by Gasteiger charge is 2.18. The van der Waals surface area contributed by atoms with Gasteiger partial charge < -0.3 is 24.9 Å². The third-order valence-corrected chi connectivity index (χ3v) is 3.83. The van der Waals surface area contributed by atoms with Crippen LogP contribution in [-0.4, -0.2) is 47.3 Å². The Balaban J connectivity index is 1.84. The van der Waals surface area contributed by atoms with E-state index in [0.717, 1.165) is 18.5 Å². The molecular formula is C15H14N4O4. The summed E-state index contributed by atoms with van der Waals surface area (Å²) in [5, 5.41) is 9.84. The van der Waals surface area contributed by atoms with E-state index in [1.54, 1.807) is 18.2 Å². The van der Waals surface area contributed by atoms with Crippen molar-refractivity contribution in [2.45, 2.75) is 0 Å². The zero-order chi connectivity index (χ0) is 16.0. The highest BCUT2D eigenvalue weighted by atomic mass is 16.5. The molecule has 1 saturated heterocycles. The van der Waals surface area contributed by atoms with Gasteiger partial charge in [0.05, 0.1) is 24.4 Å². The normalized spacial score (nSPS) is 15.4. The number of fused-ring (bicyclic) bond motifs is 2. The molecule has 0 saturated carbocycles. The highest BCUT2D eigenvalue weighted by molar-refractivity contribution is 5.99. The fourth-order valence-corrected chi connectivity index (χ4v) is 2.66. The van der Waals surface area contributed by atoms with Crippen molar-refractivity contribution in [3.63, 3.8) is 0 Å². The van der Waals surface area contributed by atoms with Crippen LogP contribution in [0.15, 0.2) is 22.6 Å². The molecule has 8 nitrogen and oxygen atoms in total. The summed E-state index contributed by atoms with van der Waals surface area (Å²) >= 11 is 0. The van der Waals surface area contributed by atoms with Gasteiger partial charge in [-0.25, -0.2) is 9.78 Å². The average molecular weight is 314 g/mol. The quantitative estimate of drug-likeness (QED) is 0.731. The molecule has 0 spiro atoms. The van der Waals surface area contributed by atoms with E-state index in [1.165, 1.54) is 0 Å². The van der Waals surface area contributed by atoms with E-state index in [2.05, 4.69) is 9.97 Å². The van der Waals surface area contributed by atoms with Gasteiger partial charge in [0.1, 0.15) is 5.52 Å². The summed E-state index contributed by atoms with van der Waals surface area (Å²) in [6.07, 6.45) is 0. The molecule has 23 heavy (non-hydrogen) atoms. The van der Waals surface area contributed by atoms with Crippen LogP contribution in [0.2, 0.25) is 0 Å². The van der Waals surface area contributed by atoms with Gasteiger partial charge in [0.25, 0.3) is 6.01 Å². The Hall–Kier alpha value is -2.87. The number of ether oxygens (including phenoxy) is 1. The first kappa shape index (κ1) is 13.8. The summed E-state index contributed by atoms with van der Waals surface area (Å²) in [4.78, 5) is 21.7. The minimum absolute atomic E-state index is 0.126. The number of anilines is 2. The van der Waals surface area contributed by atoms with Crippen molar-refractivity contribution < 1.29 is 19.1 Å². The summed E-state index contributed by atoms with van der Waals surface area (Å²) in [7, 11) is 0. The zero-order valence-corrected chi connectivity index (χ0v) is 12.2. The average Bonchev–Trinajstić information content (AvgIpc) is 2.95. The van der Waals surface area contributed by atoms with Crippen LogP contribution in [-0.2, 0) is 4.74 Å². The number of pyridine rings is 1. The van der Waals surface area contributed by atoms with E-state index in [-0.39, 0.29) is 11.4 Å². The van der Waals surface area contributed by atoms with Crippen LogP contribution in [0, 0.1) is 0 Å². The summed E-state index contributed by atoms with van der Waals surface area (Å²) in [5.41, 5.74) is 7.46. The van der Waals surface area contributed by atoms with Crippen LogP contribution < -0.4 is 10.6 Å². The lowest BCUT2D eigenvalue weighted by Crippen LogP contribution is -2.36. The Morgan fingerprint density at radius 1 is 1.17 bits per heavy atom. The molecule has 0 atom stereocenters. The molecule has 1 aromatic carbocycles. The number of nitrogens with zero attached hydrogens (tertiary/aromatic N) is 3. The fraction of sp³-hybridized carbons (Fsp3) is 0.267. The fourth-order valence-electron chi connectivity index (χ4n) is 2.66. The largest absolute Gasteiger partial charge is 0.476 e. The van der Waals surface area contributed by atoms with E-state index in [9.17, 15) is 4.79 Å². The maximum atomic E-state index is 11.1. The maximum Gasteiger partial charge on any atom is 0.356 e. The number of oxazole rings is 1. The van der Waals surface area contributed by atoms with Crippen molar-refractivity contribution in [3.8, 4) is 0 Å². The Morgan fingerprint density at radius 2 is 1.96 bits per heavy atom. The molecule has 3 N–H and O–H groups in total. The number of nitrogen functional groups attached to an aromatic ring is 1. The zero-order valence-electron chi connectivity index (χ0n) is 12.2. The molecule has 8 heteroatoms. The topological polar surface area (TPSA) is 115 Å². The van der Waals surface area contributed by atoms with E-state index < -0.39 is 5.97 Å². The van der Waals surface area contributed by atoms with Crippen molar-refractivity contribution in [3.05, 3.63) is 23.9 Å². The smallest absolute Gasteiger partial charge is 0.356 e. The summed E-state index contributed by atoms with van der Waals surface area (Å²) in [6.45, 7) is 2.73. The predicted octanol–water partition coefficient (Wildman–Crippen LogP) is 1.49. The van der Waals surface area contributed by atoms with Crippen molar-refractivity contribution in [2.75, 3.05) is 36.9 Å². The van der Waals surface area contributed by atoms with Crippen molar-refractivity contribution in [2.24, 2.45) is 0 Å². The molecule has 2 aromatic heterocycles. The van der Waals surface area contributed by atoms with E-state index in [0.29, 0.717) is 35.8 Å². The summed E-state index contributed by atoms with van der Waals surface area (Å²) in [5.74, 6) is -1.16. The molecule has 0 radical (unpaired) electrons. The number of hydrogen-bond donors (Lipinski definition) is 2. The molecule has 1 aliphatic heterocycles. The Labute approximate surface area is 130 Å². The molecule has 0 unspecified atom stereocenters. The second-order valence-corrected chi connectivity index (χ2v) is 5.34. The molecule has 0 amide bonds. The first-order valence-corrected chi connectivity index (χ1v) is 7.18. The number of benzene rings is 1. The number of carbonyl (C=O) groups is 1. The third kappa shape index (κ3) is 2.33. The van der Waals surface area contributed by atoms with Gasteiger partial charge >= 0.3 is 5.97 Å². The summed E-state index contributed by atoms with van der Waals surface area (Å²) in [6, 6.07) is 5.61. The highest BCUT2D eigenvalue weighted by Crippen LogP contribution is 2.28. The number of carboxylic acid groups (broad SMARTS) is 1. The van der Waals surface area contributed by atoms with Crippen molar-refractivity contribution in [1.29, 1.82) is 0 Å². The predicted molar refractivity (Wildman–Crippen MR) is 83.7 cm³/mol. The molecule has 0 bridgehead atoms. The number of nitrogens with two attached hydrogens (primary N) is 1. The number of hydrogen-bond acceptors (Lipinski definition) is 7. The number of carboxylic acids is 1. The van der Waals surface area contributed by atoms with Gasteiger partial charge in [0.2, 0.25) is 0 Å². The number of rotatable bonds is 2. The van der Waals surface area contributed by atoms with Crippen LogP contribution in [0.5, 0.6) is 0 Å². The number of morpholine rings is 1. The molecule has 1 fully saturated rings. The van der Waals surface area contributed by atoms with E-state index in [4.69, 9.17) is 20.0 Å². The number of aromatic nitrogens is 2. The second kappa shape index (κ2) is 5.10. The lowest BCUT2D eigenvalue weighted by molar-refractivity contribution is 0.0692. The lowest BCUT2D eigenvalue weighted by Gasteiger charge is -2.24. The standard InChI is InChI=1S/C15H14N4O4/c16-9-5-8-6-11-12(7-10(8)17-13(9)14(20)21)23-15(18-11)19-1-3-22-4-2-19/h5-7H,1-4,16H2,(H,20,21). The van der Waals surface area contributed by atoms with E-state index in [1.807, 2.05) is 4.90 Å². The van der Waals surface area contributed by atoms with Gasteiger partial charge in [-0.3, -0.25) is 0 Å². The molecule has 118 valence electrons. The Kier molecular flexibility index (Phi) is 3.05. The van der Waals surface area contributed by atoms with E-state index >= 15 is 0 Å². The van der Waals surface area contributed by atoms with Gasteiger partial charge in [0, 0.05) is 24.5 Å². The molecule has 1 aliphatic rings. The monoisotopic (exact) mass is 314 g/mol. The van der Waals surface area contributed by atoms with Crippen molar-refractivity contribution in [1.82, 2.24) is 9.97 Å². The first-order valence-electron chi connectivity index (χ1n) is 7.18. The van der Waals surface area contributed by atoms with Gasteiger partial charge in [-0.1, -0.05) is 0 Å². The van der Waals surface area contributed by atoms with Crippen molar-refractivity contribution >= 4 is 39.7 Å². The Bertz CT molecular complexity index is 915. The molecular weight excluding hydrogens is 300 g/mol. The lowest BCUT2D eigenvalue weighted by atomic mass is 10.1. The first-order chi connectivity index (χ1) is 11.1.